The summed E-state index contributed by atoms with van der Waals surface area (Å²) in [7, 11) is 0. The van der Waals surface area contributed by atoms with Crippen LogP contribution in [-0.2, 0) is 6.54 Å². The summed E-state index contributed by atoms with van der Waals surface area (Å²) in [5.74, 6) is -1.00. The van der Waals surface area contributed by atoms with Crippen molar-refractivity contribution in [2.75, 3.05) is 0 Å². The third-order valence-electron chi connectivity index (χ3n) is 5.68. The predicted molar refractivity (Wildman–Crippen MR) is 145 cm³/mol. The van der Waals surface area contributed by atoms with Crippen molar-refractivity contribution < 1.29 is 9.90 Å². The number of hydrogen-bond donors (Lipinski definition) is 1. The van der Waals surface area contributed by atoms with Crippen LogP contribution in [-0.4, -0.2) is 15.6 Å². The fraction of sp³-hybridized carbons (Fsp3) is 0.0357. The van der Waals surface area contributed by atoms with Crippen LogP contribution in [0.15, 0.2) is 101 Å². The van der Waals surface area contributed by atoms with Crippen LogP contribution in [0.2, 0.25) is 15.1 Å². The summed E-state index contributed by atoms with van der Waals surface area (Å²) in [6.45, 7) is 0.395. The van der Waals surface area contributed by atoms with Gasteiger partial charge in [-0.05, 0) is 53.1 Å². The van der Waals surface area contributed by atoms with Crippen molar-refractivity contribution in [1.29, 1.82) is 0 Å². The first-order valence-corrected chi connectivity index (χ1v) is 12.7. The van der Waals surface area contributed by atoms with Gasteiger partial charge in [0.1, 0.15) is 5.69 Å². The zero-order valence-corrected chi connectivity index (χ0v) is 21.3. The van der Waals surface area contributed by atoms with E-state index in [0.717, 1.165) is 37.4 Å². The molecule has 0 saturated carbocycles. The minimum Gasteiger partial charge on any atom is -0.477 e. The van der Waals surface area contributed by atoms with E-state index < -0.39 is 5.97 Å². The van der Waals surface area contributed by atoms with Crippen LogP contribution in [0, 0.1) is 0 Å². The Bertz CT molecular complexity index is 1550. The third-order valence-corrected chi connectivity index (χ3v) is 7.69. The highest BCUT2D eigenvalue weighted by Crippen LogP contribution is 2.41. The number of carboxylic acids is 1. The Morgan fingerprint density at radius 2 is 1.49 bits per heavy atom. The van der Waals surface area contributed by atoms with Gasteiger partial charge >= 0.3 is 5.97 Å². The number of halogens is 3. The highest BCUT2D eigenvalue weighted by molar-refractivity contribution is 7.99. The lowest BCUT2D eigenvalue weighted by Crippen LogP contribution is -2.09. The molecule has 3 nitrogen and oxygen atoms in total. The Balaban J connectivity index is 1.55. The predicted octanol–water partition coefficient (Wildman–Crippen LogP) is 9.17. The lowest BCUT2D eigenvalue weighted by molar-refractivity contribution is 0.0686. The SMILES string of the molecule is O=C(O)c1cc2c(Sc3ccc(Cl)cc3Cl)cc(Cl)cc2n1Cc1ccc(-c2ccccc2)cc1. The Morgan fingerprint density at radius 1 is 0.771 bits per heavy atom. The number of carboxylic acid groups (broad SMARTS) is 1. The molecule has 0 atom stereocenters. The van der Waals surface area contributed by atoms with Crippen molar-refractivity contribution in [2.45, 2.75) is 16.3 Å². The van der Waals surface area contributed by atoms with Gasteiger partial charge in [0, 0.05) is 31.8 Å². The van der Waals surface area contributed by atoms with E-state index in [1.807, 2.05) is 54.6 Å². The molecule has 0 saturated heterocycles. The van der Waals surface area contributed by atoms with Gasteiger partial charge in [0.25, 0.3) is 0 Å². The molecule has 35 heavy (non-hydrogen) atoms. The van der Waals surface area contributed by atoms with Crippen LogP contribution >= 0.6 is 46.6 Å². The maximum atomic E-state index is 12.2. The molecule has 5 aromatic rings. The number of rotatable bonds is 6. The van der Waals surface area contributed by atoms with E-state index in [0.29, 0.717) is 21.6 Å². The van der Waals surface area contributed by atoms with Gasteiger partial charge in [-0.2, -0.15) is 0 Å². The van der Waals surface area contributed by atoms with Gasteiger partial charge in [-0.15, -0.1) is 0 Å². The minimum atomic E-state index is -1.00. The number of carbonyl (C=O) groups is 1. The monoisotopic (exact) mass is 537 g/mol. The van der Waals surface area contributed by atoms with Crippen LogP contribution in [0.1, 0.15) is 16.1 Å². The van der Waals surface area contributed by atoms with Gasteiger partial charge in [0.05, 0.1) is 10.5 Å². The molecule has 0 unspecified atom stereocenters. The molecule has 0 fully saturated rings. The number of hydrogen-bond acceptors (Lipinski definition) is 2. The minimum absolute atomic E-state index is 0.193. The molecular weight excluding hydrogens is 521 g/mol. The molecule has 174 valence electrons. The van der Waals surface area contributed by atoms with Crippen LogP contribution < -0.4 is 0 Å². The summed E-state index contributed by atoms with van der Waals surface area (Å²) in [5.41, 5.74) is 4.16. The summed E-state index contributed by atoms with van der Waals surface area (Å²) in [6, 6.07) is 28.9. The van der Waals surface area contributed by atoms with Crippen molar-refractivity contribution in [3.63, 3.8) is 0 Å². The van der Waals surface area contributed by atoms with E-state index in [1.54, 1.807) is 28.8 Å². The largest absolute Gasteiger partial charge is 0.477 e. The van der Waals surface area contributed by atoms with Crippen molar-refractivity contribution in [3.05, 3.63) is 117 Å². The summed E-state index contributed by atoms with van der Waals surface area (Å²) in [6.07, 6.45) is 0. The topological polar surface area (TPSA) is 42.2 Å². The molecule has 0 spiro atoms. The quantitative estimate of drug-likeness (QED) is 0.234. The molecule has 0 bridgehead atoms. The Hall–Kier alpha value is -2.89. The van der Waals surface area contributed by atoms with E-state index in [2.05, 4.69) is 12.1 Å². The fourth-order valence-corrected chi connectivity index (χ4v) is 5.81. The number of fused-ring (bicyclic) bond motifs is 1. The maximum Gasteiger partial charge on any atom is 0.352 e. The van der Waals surface area contributed by atoms with E-state index >= 15 is 0 Å². The molecule has 1 aromatic heterocycles. The second kappa shape index (κ2) is 10.00. The van der Waals surface area contributed by atoms with Crippen LogP contribution in [0.5, 0.6) is 0 Å². The van der Waals surface area contributed by atoms with E-state index in [4.69, 9.17) is 34.8 Å². The standard InChI is InChI=1S/C28H18Cl3NO2S/c29-20-10-11-26(23(31)12-20)35-27-14-21(30)13-24-22(27)15-25(28(33)34)32(24)16-17-6-8-19(9-7-17)18-4-2-1-3-5-18/h1-15H,16H2,(H,33,34). The average molecular weight is 539 g/mol. The van der Waals surface area contributed by atoms with Crippen LogP contribution in [0.25, 0.3) is 22.0 Å². The molecule has 0 radical (unpaired) electrons. The molecule has 0 amide bonds. The molecule has 5 rings (SSSR count). The van der Waals surface area contributed by atoms with Gasteiger partial charge in [-0.3, -0.25) is 0 Å². The molecule has 4 aromatic carbocycles. The number of aromatic nitrogens is 1. The highest BCUT2D eigenvalue weighted by Gasteiger charge is 2.19. The Morgan fingerprint density at radius 3 is 2.17 bits per heavy atom. The molecular formula is C28H18Cl3NO2S. The lowest BCUT2D eigenvalue weighted by atomic mass is 10.0. The molecule has 0 aliphatic rings. The second-order valence-corrected chi connectivity index (χ2v) is 10.4. The highest BCUT2D eigenvalue weighted by atomic mass is 35.5. The zero-order valence-electron chi connectivity index (χ0n) is 18.2. The number of benzene rings is 4. The maximum absolute atomic E-state index is 12.2. The summed E-state index contributed by atoms with van der Waals surface area (Å²) < 4.78 is 1.79. The Labute approximate surface area is 221 Å². The first-order chi connectivity index (χ1) is 16.9. The third kappa shape index (κ3) is 5.07. The lowest BCUT2D eigenvalue weighted by Gasteiger charge is -2.11. The normalized spacial score (nSPS) is 11.2. The Kier molecular flexibility index (Phi) is 6.81. The van der Waals surface area contributed by atoms with Crippen LogP contribution in [0.4, 0.5) is 0 Å². The zero-order chi connectivity index (χ0) is 24.5. The van der Waals surface area contributed by atoms with Crippen molar-refractivity contribution in [2.24, 2.45) is 0 Å². The average Bonchev–Trinajstić information content (AvgIpc) is 3.20. The number of aromatic carboxylic acids is 1. The molecule has 7 heteroatoms. The van der Waals surface area contributed by atoms with Crippen molar-refractivity contribution >= 4 is 63.4 Å². The van der Waals surface area contributed by atoms with Gasteiger partial charge in [0.2, 0.25) is 0 Å². The first-order valence-electron chi connectivity index (χ1n) is 10.7. The number of nitrogens with zero attached hydrogens (tertiary/aromatic N) is 1. The van der Waals surface area contributed by atoms with E-state index in [1.165, 1.54) is 11.8 Å². The molecule has 0 aliphatic heterocycles. The summed E-state index contributed by atoms with van der Waals surface area (Å²) in [4.78, 5) is 13.8. The van der Waals surface area contributed by atoms with Crippen LogP contribution in [0.3, 0.4) is 0 Å². The second-order valence-electron chi connectivity index (χ2n) is 8.00. The molecule has 1 N–H and O–H groups in total. The van der Waals surface area contributed by atoms with Crippen molar-refractivity contribution in [1.82, 2.24) is 4.57 Å². The molecule has 1 heterocycles. The van der Waals surface area contributed by atoms with Crippen molar-refractivity contribution in [3.8, 4) is 11.1 Å². The summed E-state index contributed by atoms with van der Waals surface area (Å²) >= 11 is 20.3. The smallest absolute Gasteiger partial charge is 0.352 e. The van der Waals surface area contributed by atoms with E-state index in [9.17, 15) is 9.90 Å². The molecule has 0 aliphatic carbocycles. The first kappa shape index (κ1) is 23.8. The van der Waals surface area contributed by atoms with Gasteiger partial charge < -0.3 is 9.67 Å². The summed E-state index contributed by atoms with van der Waals surface area (Å²) in [5, 5.41) is 12.3. The van der Waals surface area contributed by atoms with Gasteiger partial charge in [0.15, 0.2) is 0 Å². The van der Waals surface area contributed by atoms with Gasteiger partial charge in [-0.25, -0.2) is 4.79 Å². The fourth-order valence-electron chi connectivity index (χ4n) is 4.02. The van der Waals surface area contributed by atoms with E-state index in [-0.39, 0.29) is 5.69 Å². The van der Waals surface area contributed by atoms with Gasteiger partial charge in [-0.1, -0.05) is 101 Å².